The fraction of sp³-hybridized carbons (Fsp3) is 0.654. The van der Waals surface area contributed by atoms with Crippen molar-refractivity contribution in [1.29, 1.82) is 0 Å². The van der Waals surface area contributed by atoms with Crippen LogP contribution < -0.4 is 0 Å². The van der Waals surface area contributed by atoms with Crippen LogP contribution in [0.1, 0.15) is 65.7 Å². The molecular formula is C26H34O8. The number of rotatable bonds is 3. The molecule has 8 nitrogen and oxygen atoms in total. The summed E-state index contributed by atoms with van der Waals surface area (Å²) in [6.45, 7) is 13.7. The van der Waals surface area contributed by atoms with Crippen LogP contribution in [-0.2, 0) is 35.0 Å². The van der Waals surface area contributed by atoms with E-state index < -0.39 is 52.7 Å². The monoisotopic (exact) mass is 474 g/mol. The van der Waals surface area contributed by atoms with Crippen molar-refractivity contribution in [2.75, 3.05) is 0 Å². The van der Waals surface area contributed by atoms with Crippen molar-refractivity contribution in [1.82, 2.24) is 0 Å². The SMILES string of the molecule is C=C1c2ccoc2C[C@H]2[C@H]1CC[C@@]1(O)C(C)(C)[C@H](OC(C)=O)[C@H](OC(C)=O)[C@H](OC(C)=O)[C@]21C. The molecule has 1 aromatic rings. The van der Waals surface area contributed by atoms with Crippen molar-refractivity contribution in [2.24, 2.45) is 22.7 Å². The maximum Gasteiger partial charge on any atom is 0.303 e. The van der Waals surface area contributed by atoms with Gasteiger partial charge in [-0.05, 0) is 36.3 Å². The molecule has 186 valence electrons. The van der Waals surface area contributed by atoms with Gasteiger partial charge < -0.3 is 23.7 Å². The second-order valence-corrected chi connectivity index (χ2v) is 10.7. The van der Waals surface area contributed by atoms with E-state index in [2.05, 4.69) is 6.58 Å². The van der Waals surface area contributed by atoms with Crippen molar-refractivity contribution in [2.45, 2.75) is 84.7 Å². The molecule has 0 aromatic carbocycles. The first-order valence-corrected chi connectivity index (χ1v) is 11.7. The van der Waals surface area contributed by atoms with Crippen LogP contribution in [0.15, 0.2) is 23.3 Å². The van der Waals surface area contributed by atoms with Crippen LogP contribution in [0.5, 0.6) is 0 Å². The highest BCUT2D eigenvalue weighted by atomic mass is 16.6. The molecule has 0 aliphatic heterocycles. The van der Waals surface area contributed by atoms with E-state index in [4.69, 9.17) is 18.6 Å². The lowest BCUT2D eigenvalue weighted by atomic mass is 9.40. The Morgan fingerprint density at radius 1 is 1.03 bits per heavy atom. The largest absolute Gasteiger partial charge is 0.469 e. The number of hydrogen-bond acceptors (Lipinski definition) is 8. The summed E-state index contributed by atoms with van der Waals surface area (Å²) in [7, 11) is 0. The molecule has 0 spiro atoms. The maximum atomic E-state index is 12.5. The fourth-order valence-electron chi connectivity index (χ4n) is 7.20. The molecule has 0 radical (unpaired) electrons. The van der Waals surface area contributed by atoms with Gasteiger partial charge >= 0.3 is 17.9 Å². The maximum absolute atomic E-state index is 12.5. The van der Waals surface area contributed by atoms with Crippen LogP contribution in [-0.4, -0.2) is 46.9 Å². The van der Waals surface area contributed by atoms with E-state index in [0.717, 1.165) is 16.9 Å². The van der Waals surface area contributed by atoms with E-state index in [9.17, 15) is 19.5 Å². The summed E-state index contributed by atoms with van der Waals surface area (Å²) in [6, 6.07) is 1.91. The van der Waals surface area contributed by atoms with E-state index in [-0.39, 0.29) is 11.8 Å². The van der Waals surface area contributed by atoms with Gasteiger partial charge in [-0.25, -0.2) is 0 Å². The molecule has 1 N–H and O–H groups in total. The highest BCUT2D eigenvalue weighted by molar-refractivity contribution is 5.71. The molecule has 0 unspecified atom stereocenters. The molecule has 0 bridgehead atoms. The number of allylic oxidation sites excluding steroid dienone is 1. The molecule has 34 heavy (non-hydrogen) atoms. The predicted molar refractivity (Wildman–Crippen MR) is 121 cm³/mol. The Bertz CT molecular complexity index is 1040. The van der Waals surface area contributed by atoms with Crippen LogP contribution in [0.4, 0.5) is 0 Å². The minimum absolute atomic E-state index is 0.00693. The molecule has 8 heteroatoms. The van der Waals surface area contributed by atoms with Gasteiger partial charge in [-0.3, -0.25) is 14.4 Å². The Morgan fingerprint density at radius 3 is 2.21 bits per heavy atom. The Balaban J connectivity index is 1.94. The third-order valence-electron chi connectivity index (χ3n) is 8.76. The summed E-state index contributed by atoms with van der Waals surface area (Å²) in [5.41, 5.74) is -1.64. The number of aliphatic hydroxyl groups is 1. The Morgan fingerprint density at radius 2 is 1.62 bits per heavy atom. The third-order valence-corrected chi connectivity index (χ3v) is 8.76. The zero-order chi connectivity index (χ0) is 25.2. The molecule has 1 heterocycles. The molecule has 7 atom stereocenters. The molecule has 4 rings (SSSR count). The Hall–Kier alpha value is -2.61. The van der Waals surface area contributed by atoms with Crippen molar-refractivity contribution >= 4 is 23.5 Å². The topological polar surface area (TPSA) is 112 Å². The average molecular weight is 475 g/mol. The number of furan rings is 1. The third kappa shape index (κ3) is 3.25. The van der Waals surface area contributed by atoms with Crippen LogP contribution >= 0.6 is 0 Å². The molecular weight excluding hydrogens is 440 g/mol. The van der Waals surface area contributed by atoms with Crippen LogP contribution in [0.2, 0.25) is 0 Å². The molecule has 2 fully saturated rings. The van der Waals surface area contributed by atoms with Crippen molar-refractivity contribution in [3.63, 3.8) is 0 Å². The first-order chi connectivity index (χ1) is 15.8. The van der Waals surface area contributed by atoms with Gasteiger partial charge in [0.1, 0.15) is 5.76 Å². The highest BCUT2D eigenvalue weighted by Crippen LogP contribution is 2.67. The average Bonchev–Trinajstić information content (AvgIpc) is 3.20. The zero-order valence-corrected chi connectivity index (χ0v) is 20.7. The standard InChI is InChI=1S/C26H34O8/c1-13-17-8-10-26(30)24(5,6)22(33-15(3)28)21(32-14(2)27)23(34-16(4)29)25(26,7)19(17)12-20-18(13)9-11-31-20/h9,11,17,19,21-23,30H,1,8,10,12H2,2-7H3/t17-,19-,21-,22+,23-,25-,26+/m0/s1. The van der Waals surface area contributed by atoms with Gasteiger partial charge in [0.2, 0.25) is 0 Å². The number of esters is 3. The van der Waals surface area contributed by atoms with E-state index in [1.54, 1.807) is 6.26 Å². The van der Waals surface area contributed by atoms with Crippen LogP contribution in [0.25, 0.3) is 5.57 Å². The normalized spacial score (nSPS) is 38.1. The summed E-state index contributed by atoms with van der Waals surface area (Å²) in [5.74, 6) is -1.21. The highest BCUT2D eigenvalue weighted by Gasteiger charge is 2.76. The van der Waals surface area contributed by atoms with E-state index in [1.807, 2.05) is 26.8 Å². The number of carbonyl (C=O) groups is 3. The number of fused-ring (bicyclic) bond motifs is 4. The lowest BCUT2D eigenvalue weighted by Crippen LogP contribution is -2.79. The molecule has 0 saturated heterocycles. The van der Waals surface area contributed by atoms with Crippen LogP contribution in [0.3, 0.4) is 0 Å². The summed E-state index contributed by atoms with van der Waals surface area (Å²) < 4.78 is 23.0. The second kappa shape index (κ2) is 7.97. The van der Waals surface area contributed by atoms with Crippen molar-refractivity contribution < 1.29 is 38.1 Å². The summed E-state index contributed by atoms with van der Waals surface area (Å²) >= 11 is 0. The van der Waals surface area contributed by atoms with Gasteiger partial charge in [0.05, 0.1) is 11.9 Å². The Labute approximate surface area is 199 Å². The van der Waals surface area contributed by atoms with E-state index >= 15 is 0 Å². The predicted octanol–water partition coefficient (Wildman–Crippen LogP) is 3.45. The Kier molecular flexibility index (Phi) is 5.75. The van der Waals surface area contributed by atoms with E-state index in [0.29, 0.717) is 19.3 Å². The molecule has 1 aromatic heterocycles. The number of ether oxygens (including phenoxy) is 3. The molecule has 2 saturated carbocycles. The van der Waals surface area contributed by atoms with Gasteiger partial charge in [0, 0.05) is 43.6 Å². The van der Waals surface area contributed by atoms with Crippen molar-refractivity contribution in [3.8, 4) is 0 Å². The lowest BCUT2D eigenvalue weighted by Gasteiger charge is -2.69. The molecule has 0 amide bonds. The van der Waals surface area contributed by atoms with Gasteiger partial charge in [0.25, 0.3) is 0 Å². The zero-order valence-electron chi connectivity index (χ0n) is 20.7. The first kappa shape index (κ1) is 24.5. The fourth-order valence-corrected chi connectivity index (χ4v) is 7.20. The summed E-state index contributed by atoms with van der Waals surface area (Å²) in [5, 5.41) is 12.5. The number of carbonyl (C=O) groups excluding carboxylic acids is 3. The summed E-state index contributed by atoms with van der Waals surface area (Å²) in [6.07, 6.45) is -0.0333. The smallest absolute Gasteiger partial charge is 0.303 e. The first-order valence-electron chi connectivity index (χ1n) is 11.7. The van der Waals surface area contributed by atoms with Crippen molar-refractivity contribution in [3.05, 3.63) is 30.2 Å². The van der Waals surface area contributed by atoms with Gasteiger partial charge in [-0.1, -0.05) is 27.4 Å². The second-order valence-electron chi connectivity index (χ2n) is 10.7. The van der Waals surface area contributed by atoms with Gasteiger partial charge in [-0.15, -0.1) is 0 Å². The quantitative estimate of drug-likeness (QED) is 0.524. The van der Waals surface area contributed by atoms with Crippen LogP contribution in [0, 0.1) is 22.7 Å². The molecule has 3 aliphatic carbocycles. The minimum atomic E-state index is -1.43. The lowest BCUT2D eigenvalue weighted by molar-refractivity contribution is -0.329. The molecule has 3 aliphatic rings. The van der Waals surface area contributed by atoms with Gasteiger partial charge in [-0.2, -0.15) is 0 Å². The van der Waals surface area contributed by atoms with E-state index in [1.165, 1.54) is 20.8 Å². The summed E-state index contributed by atoms with van der Waals surface area (Å²) in [4.78, 5) is 36.7. The van der Waals surface area contributed by atoms with Gasteiger partial charge in [0.15, 0.2) is 18.3 Å². The minimum Gasteiger partial charge on any atom is -0.469 e. The number of hydrogen-bond donors (Lipinski definition) is 1.